The van der Waals surface area contributed by atoms with Gasteiger partial charge in [-0.25, -0.2) is 14.6 Å². The van der Waals surface area contributed by atoms with Gasteiger partial charge in [0.05, 0.1) is 16.5 Å². The summed E-state index contributed by atoms with van der Waals surface area (Å²) in [5.41, 5.74) is 0.733. The van der Waals surface area contributed by atoms with Crippen molar-refractivity contribution in [3.05, 3.63) is 76.0 Å². The molecule has 0 saturated heterocycles. The Kier molecular flexibility index (Phi) is 3.53. The molecular weight excluding hydrogens is 282 g/mol. The lowest BCUT2D eigenvalue weighted by Crippen LogP contribution is -2.02. The summed E-state index contributed by atoms with van der Waals surface area (Å²) in [6, 6.07) is 13.4. The zero-order valence-electron chi connectivity index (χ0n) is 11.4. The van der Waals surface area contributed by atoms with E-state index >= 15 is 0 Å². The molecule has 108 valence electrons. The Labute approximate surface area is 125 Å². The van der Waals surface area contributed by atoms with Crippen molar-refractivity contribution in [1.29, 1.82) is 0 Å². The summed E-state index contributed by atoms with van der Waals surface area (Å²) in [7, 11) is 0. The second-order valence-corrected chi connectivity index (χ2v) is 4.58. The minimum atomic E-state index is -1.02. The van der Waals surface area contributed by atoms with Crippen molar-refractivity contribution in [1.82, 2.24) is 4.98 Å². The number of fused-ring (bicyclic) bond motifs is 1. The van der Waals surface area contributed by atoms with Crippen LogP contribution >= 0.6 is 0 Å². The third-order valence-electron chi connectivity index (χ3n) is 3.15. The second-order valence-electron chi connectivity index (χ2n) is 4.58. The van der Waals surface area contributed by atoms with Crippen molar-refractivity contribution in [3.63, 3.8) is 0 Å². The fourth-order valence-corrected chi connectivity index (χ4v) is 2.10. The molecule has 0 radical (unpaired) electrons. The highest BCUT2D eigenvalue weighted by Gasteiger charge is 2.07. The van der Waals surface area contributed by atoms with Crippen molar-refractivity contribution in [2.75, 3.05) is 0 Å². The van der Waals surface area contributed by atoms with Crippen LogP contribution in [0, 0.1) is 0 Å². The smallest absolute Gasteiger partial charge is 0.347 e. The Morgan fingerprint density at radius 1 is 1.05 bits per heavy atom. The van der Waals surface area contributed by atoms with Crippen molar-refractivity contribution < 1.29 is 14.3 Å². The molecule has 0 bridgehead atoms. The fourth-order valence-electron chi connectivity index (χ4n) is 2.10. The van der Waals surface area contributed by atoms with Crippen molar-refractivity contribution in [2.24, 2.45) is 0 Å². The highest BCUT2D eigenvalue weighted by Crippen LogP contribution is 2.13. The van der Waals surface area contributed by atoms with E-state index in [2.05, 4.69) is 4.98 Å². The van der Waals surface area contributed by atoms with E-state index in [1.54, 1.807) is 48.5 Å². The number of carboxylic acids is 1. The molecule has 0 amide bonds. The fraction of sp³-hybridized carbons (Fsp3) is 0. The number of carbonyl (C=O) groups is 1. The molecule has 0 saturated carbocycles. The van der Waals surface area contributed by atoms with E-state index in [-0.39, 0.29) is 11.5 Å². The van der Waals surface area contributed by atoms with Crippen molar-refractivity contribution >= 4 is 29.0 Å². The molecular formula is C17H11NO4. The summed E-state index contributed by atoms with van der Waals surface area (Å²) in [6.45, 7) is 0. The normalized spacial score (nSPS) is 11.1. The molecule has 0 atom stereocenters. The predicted octanol–water partition coefficient (Wildman–Crippen LogP) is 3.06. The number of hydrogen-bond acceptors (Lipinski definition) is 4. The van der Waals surface area contributed by atoms with E-state index < -0.39 is 11.6 Å². The monoisotopic (exact) mass is 293 g/mol. The topological polar surface area (TPSA) is 80.4 Å². The zero-order valence-corrected chi connectivity index (χ0v) is 11.4. The summed E-state index contributed by atoms with van der Waals surface area (Å²) in [4.78, 5) is 27.2. The largest absolute Gasteiger partial charge is 0.478 e. The van der Waals surface area contributed by atoms with E-state index in [0.717, 1.165) is 0 Å². The minimum Gasteiger partial charge on any atom is -0.478 e. The van der Waals surface area contributed by atoms with Crippen LogP contribution in [0.2, 0.25) is 0 Å². The Morgan fingerprint density at radius 2 is 1.77 bits per heavy atom. The Morgan fingerprint density at radius 3 is 2.59 bits per heavy atom. The lowest BCUT2D eigenvalue weighted by molar-refractivity contribution is 0.0696. The Hall–Kier alpha value is -3.21. The molecule has 3 rings (SSSR count). The Bertz CT molecular complexity index is 941. The molecule has 2 aromatic carbocycles. The van der Waals surface area contributed by atoms with Gasteiger partial charge in [-0.05, 0) is 29.8 Å². The SMILES string of the molecule is O=C(O)c1ccccc1/C=C/c1nc2ccccc2c(=O)o1. The van der Waals surface area contributed by atoms with Crippen LogP contribution in [-0.2, 0) is 0 Å². The maximum Gasteiger partial charge on any atom is 0.347 e. The molecule has 0 aliphatic rings. The molecule has 22 heavy (non-hydrogen) atoms. The van der Waals surface area contributed by atoms with Crippen LogP contribution < -0.4 is 5.63 Å². The van der Waals surface area contributed by atoms with Gasteiger partial charge in [0.2, 0.25) is 5.89 Å². The van der Waals surface area contributed by atoms with Crippen LogP contribution in [0.4, 0.5) is 0 Å². The molecule has 0 aliphatic carbocycles. The van der Waals surface area contributed by atoms with Crippen LogP contribution in [0.5, 0.6) is 0 Å². The van der Waals surface area contributed by atoms with Gasteiger partial charge in [-0.3, -0.25) is 0 Å². The molecule has 0 spiro atoms. The lowest BCUT2D eigenvalue weighted by Gasteiger charge is -2.00. The molecule has 1 aromatic heterocycles. The van der Waals surface area contributed by atoms with E-state index in [1.165, 1.54) is 12.1 Å². The molecule has 5 nitrogen and oxygen atoms in total. The van der Waals surface area contributed by atoms with Gasteiger partial charge in [0.15, 0.2) is 0 Å². The highest BCUT2D eigenvalue weighted by atomic mass is 16.4. The van der Waals surface area contributed by atoms with Gasteiger partial charge in [0.25, 0.3) is 0 Å². The van der Waals surface area contributed by atoms with Gasteiger partial charge in [0, 0.05) is 6.08 Å². The maximum absolute atomic E-state index is 11.9. The molecule has 1 N–H and O–H groups in total. The number of para-hydroxylation sites is 1. The van der Waals surface area contributed by atoms with Crippen molar-refractivity contribution in [3.8, 4) is 0 Å². The molecule has 3 aromatic rings. The van der Waals surface area contributed by atoms with Gasteiger partial charge in [-0.2, -0.15) is 0 Å². The molecule has 5 heteroatoms. The number of benzene rings is 2. The number of hydrogen-bond donors (Lipinski definition) is 1. The summed E-state index contributed by atoms with van der Waals surface area (Å²) in [6.07, 6.45) is 3.04. The predicted molar refractivity (Wildman–Crippen MR) is 82.6 cm³/mol. The molecule has 0 aliphatic heterocycles. The van der Waals surface area contributed by atoms with Gasteiger partial charge >= 0.3 is 11.6 Å². The summed E-state index contributed by atoms with van der Waals surface area (Å²) in [5, 5.41) is 9.53. The first-order chi connectivity index (χ1) is 10.6. The lowest BCUT2D eigenvalue weighted by atomic mass is 10.1. The standard InChI is InChI=1S/C17H11NO4/c19-16(20)12-6-2-1-5-11(12)9-10-15-18-14-8-4-3-7-13(14)17(21)22-15/h1-10H,(H,19,20)/b10-9+. The van der Waals surface area contributed by atoms with Crippen LogP contribution in [0.1, 0.15) is 21.8 Å². The van der Waals surface area contributed by atoms with Crippen LogP contribution in [0.25, 0.3) is 23.1 Å². The van der Waals surface area contributed by atoms with Crippen LogP contribution in [0.15, 0.2) is 57.7 Å². The zero-order chi connectivity index (χ0) is 15.5. The number of rotatable bonds is 3. The number of aromatic nitrogens is 1. The minimum absolute atomic E-state index is 0.129. The third-order valence-corrected chi connectivity index (χ3v) is 3.15. The van der Waals surface area contributed by atoms with Crippen LogP contribution in [0.3, 0.4) is 0 Å². The summed E-state index contributed by atoms with van der Waals surface area (Å²) in [5.74, 6) is -0.892. The summed E-state index contributed by atoms with van der Waals surface area (Å²) < 4.78 is 5.11. The van der Waals surface area contributed by atoms with E-state index in [1.807, 2.05) is 0 Å². The first-order valence-electron chi connectivity index (χ1n) is 6.55. The first kappa shape index (κ1) is 13.8. The van der Waals surface area contributed by atoms with Gasteiger partial charge in [0.1, 0.15) is 0 Å². The quantitative estimate of drug-likeness (QED) is 0.802. The highest BCUT2D eigenvalue weighted by molar-refractivity contribution is 5.93. The number of aromatic carboxylic acids is 1. The average molecular weight is 293 g/mol. The van der Waals surface area contributed by atoms with E-state index in [4.69, 9.17) is 9.52 Å². The molecule has 0 fully saturated rings. The maximum atomic E-state index is 11.9. The van der Waals surface area contributed by atoms with Crippen LogP contribution in [-0.4, -0.2) is 16.1 Å². The van der Waals surface area contributed by atoms with Gasteiger partial charge in [-0.15, -0.1) is 0 Å². The van der Waals surface area contributed by atoms with Gasteiger partial charge < -0.3 is 9.52 Å². The first-order valence-corrected chi connectivity index (χ1v) is 6.55. The third kappa shape index (κ3) is 2.64. The summed E-state index contributed by atoms with van der Waals surface area (Å²) >= 11 is 0. The van der Waals surface area contributed by atoms with Gasteiger partial charge in [-0.1, -0.05) is 30.3 Å². The second kappa shape index (κ2) is 5.65. The number of carboxylic acid groups (broad SMARTS) is 1. The average Bonchev–Trinajstić information content (AvgIpc) is 2.53. The van der Waals surface area contributed by atoms with Crippen molar-refractivity contribution in [2.45, 2.75) is 0 Å². The molecule has 0 unspecified atom stereocenters. The Balaban J connectivity index is 2.03. The van der Waals surface area contributed by atoms with E-state index in [9.17, 15) is 9.59 Å². The number of nitrogens with zero attached hydrogens (tertiary/aromatic N) is 1. The molecule has 1 heterocycles. The van der Waals surface area contributed by atoms with E-state index in [0.29, 0.717) is 16.5 Å².